The summed E-state index contributed by atoms with van der Waals surface area (Å²) in [5, 5.41) is 5.67. The molecule has 0 radical (unpaired) electrons. The summed E-state index contributed by atoms with van der Waals surface area (Å²) in [4.78, 5) is 1.45. The quantitative estimate of drug-likeness (QED) is 0.719. The molecule has 0 spiro atoms. The van der Waals surface area contributed by atoms with Crippen LogP contribution in [0, 0.1) is 0 Å². The van der Waals surface area contributed by atoms with Crippen LogP contribution < -0.4 is 11.1 Å². The second-order valence-electron chi connectivity index (χ2n) is 5.16. The second kappa shape index (κ2) is 6.38. The topological polar surface area (TPSA) is 38.0 Å². The van der Waals surface area contributed by atoms with Gasteiger partial charge in [0.1, 0.15) is 0 Å². The van der Waals surface area contributed by atoms with Crippen LogP contribution in [0.1, 0.15) is 38.5 Å². The van der Waals surface area contributed by atoms with Crippen LogP contribution >= 0.6 is 11.3 Å². The second-order valence-corrected chi connectivity index (χ2v) is 6.11. The molecule has 0 aliphatic carbocycles. The Morgan fingerprint density at radius 1 is 1.50 bits per heavy atom. The number of nitrogens with one attached hydrogen (secondary N) is 1. The van der Waals surface area contributed by atoms with Crippen LogP contribution in [0.25, 0.3) is 0 Å². The molecule has 0 aromatic carbocycles. The van der Waals surface area contributed by atoms with E-state index in [1.54, 1.807) is 0 Å². The van der Waals surface area contributed by atoms with Crippen LogP contribution in [0.4, 0.5) is 0 Å². The Bertz CT molecular complexity index is 278. The van der Waals surface area contributed by atoms with Gasteiger partial charge in [0.25, 0.3) is 0 Å². The molecule has 1 aromatic heterocycles. The van der Waals surface area contributed by atoms with Crippen molar-refractivity contribution in [3.8, 4) is 0 Å². The molecule has 0 aliphatic rings. The molecule has 1 atom stereocenters. The third-order valence-electron chi connectivity index (χ3n) is 2.77. The van der Waals surface area contributed by atoms with Gasteiger partial charge in [0.05, 0.1) is 0 Å². The first-order valence-electron chi connectivity index (χ1n) is 6.02. The van der Waals surface area contributed by atoms with E-state index in [-0.39, 0.29) is 5.41 Å². The number of hydrogen-bond acceptors (Lipinski definition) is 3. The summed E-state index contributed by atoms with van der Waals surface area (Å²) < 4.78 is 0. The Labute approximate surface area is 103 Å². The molecule has 0 fully saturated rings. The normalized spacial score (nSPS) is 14.0. The largest absolute Gasteiger partial charge is 0.328 e. The molecule has 0 saturated carbocycles. The van der Waals surface area contributed by atoms with Gasteiger partial charge in [-0.1, -0.05) is 19.9 Å². The third kappa shape index (κ3) is 4.64. The van der Waals surface area contributed by atoms with Crippen molar-refractivity contribution in [3.63, 3.8) is 0 Å². The highest BCUT2D eigenvalue weighted by atomic mass is 32.1. The minimum atomic E-state index is 0.239. The van der Waals surface area contributed by atoms with Crippen LogP contribution in [0.15, 0.2) is 17.5 Å². The van der Waals surface area contributed by atoms with Crippen molar-refractivity contribution < 1.29 is 0 Å². The van der Waals surface area contributed by atoms with Crippen LogP contribution in [-0.4, -0.2) is 19.1 Å². The number of thiophene rings is 1. The van der Waals surface area contributed by atoms with Crippen molar-refractivity contribution in [1.82, 2.24) is 5.32 Å². The van der Waals surface area contributed by atoms with E-state index in [1.165, 1.54) is 4.88 Å². The molecule has 3 heteroatoms. The summed E-state index contributed by atoms with van der Waals surface area (Å²) in [6.45, 7) is 8.74. The lowest BCUT2D eigenvalue weighted by molar-refractivity contribution is 0.465. The van der Waals surface area contributed by atoms with Crippen molar-refractivity contribution in [2.75, 3.05) is 13.1 Å². The van der Waals surface area contributed by atoms with Crippen molar-refractivity contribution >= 4 is 11.3 Å². The van der Waals surface area contributed by atoms with Gasteiger partial charge in [0, 0.05) is 22.9 Å². The Morgan fingerprint density at radius 3 is 2.81 bits per heavy atom. The minimum absolute atomic E-state index is 0.239. The summed E-state index contributed by atoms with van der Waals surface area (Å²) in [6, 6.07) is 4.67. The summed E-state index contributed by atoms with van der Waals surface area (Å²) >= 11 is 1.84. The van der Waals surface area contributed by atoms with E-state index in [0.717, 1.165) is 25.9 Å². The molecule has 2 nitrogen and oxygen atoms in total. The van der Waals surface area contributed by atoms with Crippen molar-refractivity contribution in [2.45, 2.75) is 45.1 Å². The molecule has 0 amide bonds. The van der Waals surface area contributed by atoms with Crippen LogP contribution in [-0.2, 0) is 5.41 Å². The van der Waals surface area contributed by atoms with E-state index in [0.29, 0.717) is 6.04 Å². The predicted octanol–water partition coefficient (Wildman–Crippen LogP) is 2.74. The molecule has 0 saturated heterocycles. The molecule has 1 aromatic rings. The van der Waals surface area contributed by atoms with E-state index in [4.69, 9.17) is 5.73 Å². The SMILES string of the molecule is CC(N)CCCNCC(C)(C)c1cccs1. The summed E-state index contributed by atoms with van der Waals surface area (Å²) in [6.07, 6.45) is 2.27. The highest BCUT2D eigenvalue weighted by molar-refractivity contribution is 7.10. The highest BCUT2D eigenvalue weighted by Crippen LogP contribution is 2.26. The molecule has 1 rings (SSSR count). The molecule has 0 bridgehead atoms. The fraction of sp³-hybridized carbons (Fsp3) is 0.692. The number of hydrogen-bond donors (Lipinski definition) is 2. The fourth-order valence-corrected chi connectivity index (χ4v) is 2.55. The molecule has 0 aliphatic heterocycles. The van der Waals surface area contributed by atoms with Crippen LogP contribution in [0.2, 0.25) is 0 Å². The Hall–Kier alpha value is -0.380. The summed E-state index contributed by atoms with van der Waals surface area (Å²) in [5.74, 6) is 0. The molecular formula is C13H24N2S. The van der Waals surface area contributed by atoms with E-state index in [1.807, 2.05) is 11.3 Å². The van der Waals surface area contributed by atoms with E-state index in [9.17, 15) is 0 Å². The van der Waals surface area contributed by atoms with E-state index >= 15 is 0 Å². The smallest absolute Gasteiger partial charge is 0.0115 e. The molecule has 1 heterocycles. The number of nitrogens with two attached hydrogens (primary N) is 1. The maximum Gasteiger partial charge on any atom is 0.0115 e. The molecule has 3 N–H and O–H groups in total. The van der Waals surface area contributed by atoms with Gasteiger partial charge in [-0.25, -0.2) is 0 Å². The van der Waals surface area contributed by atoms with Gasteiger partial charge in [-0.3, -0.25) is 0 Å². The third-order valence-corrected chi connectivity index (χ3v) is 4.00. The van der Waals surface area contributed by atoms with Crippen LogP contribution in [0.3, 0.4) is 0 Å². The van der Waals surface area contributed by atoms with Gasteiger partial charge in [0.15, 0.2) is 0 Å². The average molecular weight is 240 g/mol. The van der Waals surface area contributed by atoms with Crippen molar-refractivity contribution in [3.05, 3.63) is 22.4 Å². The van der Waals surface area contributed by atoms with E-state index in [2.05, 4.69) is 43.6 Å². The maximum absolute atomic E-state index is 5.71. The zero-order valence-corrected chi connectivity index (χ0v) is 11.4. The maximum atomic E-state index is 5.71. The molecule has 1 unspecified atom stereocenters. The van der Waals surface area contributed by atoms with Crippen molar-refractivity contribution in [1.29, 1.82) is 0 Å². The predicted molar refractivity (Wildman–Crippen MR) is 73.1 cm³/mol. The fourth-order valence-electron chi connectivity index (χ4n) is 1.70. The highest BCUT2D eigenvalue weighted by Gasteiger charge is 2.20. The van der Waals surface area contributed by atoms with Gasteiger partial charge in [-0.05, 0) is 37.8 Å². The minimum Gasteiger partial charge on any atom is -0.328 e. The van der Waals surface area contributed by atoms with Crippen molar-refractivity contribution in [2.24, 2.45) is 5.73 Å². The molecular weight excluding hydrogens is 216 g/mol. The van der Waals surface area contributed by atoms with Gasteiger partial charge >= 0.3 is 0 Å². The zero-order chi connectivity index (χ0) is 12.0. The van der Waals surface area contributed by atoms with E-state index < -0.39 is 0 Å². The Balaban J connectivity index is 2.22. The first kappa shape index (κ1) is 13.7. The van der Waals surface area contributed by atoms with Gasteiger partial charge in [-0.15, -0.1) is 11.3 Å². The monoisotopic (exact) mass is 240 g/mol. The lowest BCUT2D eigenvalue weighted by Crippen LogP contribution is -2.33. The Morgan fingerprint density at radius 2 is 2.25 bits per heavy atom. The van der Waals surface area contributed by atoms with Gasteiger partial charge in [0.2, 0.25) is 0 Å². The van der Waals surface area contributed by atoms with Gasteiger partial charge in [-0.2, -0.15) is 0 Å². The van der Waals surface area contributed by atoms with Gasteiger partial charge < -0.3 is 11.1 Å². The average Bonchev–Trinajstić information content (AvgIpc) is 2.69. The molecule has 16 heavy (non-hydrogen) atoms. The zero-order valence-electron chi connectivity index (χ0n) is 10.6. The standard InChI is InChI=1S/C13H24N2S/c1-11(14)6-4-8-15-10-13(2,3)12-7-5-9-16-12/h5,7,9,11,15H,4,6,8,10,14H2,1-3H3. The first-order chi connectivity index (χ1) is 7.52. The summed E-state index contributed by atoms with van der Waals surface area (Å²) in [5.41, 5.74) is 5.95. The Kier molecular flexibility index (Phi) is 5.46. The lowest BCUT2D eigenvalue weighted by Gasteiger charge is -2.23. The van der Waals surface area contributed by atoms with Crippen LogP contribution in [0.5, 0.6) is 0 Å². The number of rotatable bonds is 7. The summed E-state index contributed by atoms with van der Waals surface area (Å²) in [7, 11) is 0. The lowest BCUT2D eigenvalue weighted by atomic mass is 9.91. The molecule has 92 valence electrons. The first-order valence-corrected chi connectivity index (χ1v) is 6.90.